The first-order chi connectivity index (χ1) is 14.5. The second-order valence-electron chi connectivity index (χ2n) is 8.80. The Labute approximate surface area is 176 Å². The van der Waals surface area contributed by atoms with Crippen LogP contribution in [0.3, 0.4) is 0 Å². The molecule has 2 aliphatic carbocycles. The van der Waals surface area contributed by atoms with Gasteiger partial charge in [0.25, 0.3) is 0 Å². The molecule has 2 aliphatic heterocycles. The third-order valence-electron chi connectivity index (χ3n) is 7.02. The van der Waals surface area contributed by atoms with Crippen LogP contribution in [0.25, 0.3) is 0 Å². The van der Waals surface area contributed by atoms with Crippen LogP contribution in [-0.2, 0) is 19.2 Å². The highest BCUT2D eigenvalue weighted by atomic mass is 16.6. The summed E-state index contributed by atoms with van der Waals surface area (Å²) >= 11 is 0. The van der Waals surface area contributed by atoms with Crippen LogP contribution >= 0.6 is 0 Å². The Bertz CT molecular complexity index is 740. The minimum absolute atomic E-state index is 0.107. The number of nitrogens with zero attached hydrogens (tertiary/aromatic N) is 2. The van der Waals surface area contributed by atoms with Crippen molar-refractivity contribution in [2.45, 2.75) is 63.3 Å². The normalized spacial score (nSPS) is 39.7. The van der Waals surface area contributed by atoms with Crippen LogP contribution < -0.4 is 0 Å². The van der Waals surface area contributed by atoms with Crippen molar-refractivity contribution in [2.75, 3.05) is 19.8 Å². The molecular formula is C22H30N2O6. The number of terminal acetylenes is 1. The number of oxime groups is 1. The first-order valence-corrected chi connectivity index (χ1v) is 11.0. The molecule has 0 bridgehead atoms. The lowest BCUT2D eigenvalue weighted by Crippen LogP contribution is -2.54. The average molecular weight is 418 g/mol. The lowest BCUT2D eigenvalue weighted by Gasteiger charge is -2.45. The number of amides is 2. The Kier molecular flexibility index (Phi) is 6.42. The molecule has 2 heterocycles. The largest absolute Gasteiger partial charge is 0.396 e. The van der Waals surface area contributed by atoms with E-state index in [0.29, 0.717) is 44.6 Å². The molecule has 0 radical (unpaired) electrons. The number of aliphatic hydroxyl groups is 2. The number of imide groups is 1. The molecule has 7 atom stereocenters. The number of likely N-dealkylation sites (tertiary alicyclic amines) is 1. The fourth-order valence-electron chi connectivity index (χ4n) is 5.58. The Hall–Kier alpha value is -1.95. The maximum absolute atomic E-state index is 13.3. The van der Waals surface area contributed by atoms with Crippen LogP contribution in [-0.4, -0.2) is 70.7 Å². The van der Waals surface area contributed by atoms with E-state index in [-0.39, 0.29) is 36.8 Å². The fraction of sp³-hybridized carbons (Fsp3) is 0.773. The van der Waals surface area contributed by atoms with Crippen LogP contribution in [0.1, 0.15) is 44.9 Å². The second kappa shape index (κ2) is 9.04. The van der Waals surface area contributed by atoms with Gasteiger partial charge in [0, 0.05) is 31.3 Å². The van der Waals surface area contributed by atoms with E-state index < -0.39 is 30.0 Å². The molecule has 0 aromatic carbocycles. The van der Waals surface area contributed by atoms with Gasteiger partial charge in [-0.15, -0.1) is 12.3 Å². The number of carbonyl (C=O) groups is 2. The van der Waals surface area contributed by atoms with Crippen molar-refractivity contribution < 1.29 is 29.4 Å². The highest BCUT2D eigenvalue weighted by Crippen LogP contribution is 2.49. The third kappa shape index (κ3) is 3.86. The Morgan fingerprint density at radius 1 is 1.20 bits per heavy atom. The van der Waals surface area contributed by atoms with E-state index in [4.69, 9.17) is 16.0 Å². The van der Waals surface area contributed by atoms with Gasteiger partial charge in [-0.1, -0.05) is 5.16 Å². The van der Waals surface area contributed by atoms with Crippen LogP contribution in [0.15, 0.2) is 5.16 Å². The van der Waals surface area contributed by atoms with Gasteiger partial charge in [-0.25, -0.2) is 0 Å². The summed E-state index contributed by atoms with van der Waals surface area (Å²) in [7, 11) is 0. The average Bonchev–Trinajstić information content (AvgIpc) is 3.34. The summed E-state index contributed by atoms with van der Waals surface area (Å²) in [5.41, 5.74) is 0.662. The zero-order valence-corrected chi connectivity index (χ0v) is 17.1. The molecule has 0 aromatic heterocycles. The molecule has 4 aliphatic rings. The Balaban J connectivity index is 1.52. The van der Waals surface area contributed by atoms with Gasteiger partial charge in [-0.05, 0) is 32.1 Å². The number of carbonyl (C=O) groups excluding carboxylic acids is 2. The van der Waals surface area contributed by atoms with Gasteiger partial charge in [0.2, 0.25) is 11.8 Å². The van der Waals surface area contributed by atoms with Crippen LogP contribution in [0.2, 0.25) is 0 Å². The van der Waals surface area contributed by atoms with Crippen molar-refractivity contribution in [1.82, 2.24) is 4.90 Å². The van der Waals surface area contributed by atoms with Crippen molar-refractivity contribution in [3.05, 3.63) is 0 Å². The van der Waals surface area contributed by atoms with Gasteiger partial charge in [0.05, 0.1) is 42.4 Å². The first-order valence-electron chi connectivity index (χ1n) is 11.0. The minimum Gasteiger partial charge on any atom is -0.396 e. The molecule has 0 spiro atoms. The summed E-state index contributed by atoms with van der Waals surface area (Å²) in [6.07, 6.45) is 7.49. The number of ether oxygens (including phenoxy) is 1. The molecule has 2 saturated heterocycles. The molecule has 164 valence electrons. The molecule has 30 heavy (non-hydrogen) atoms. The van der Waals surface area contributed by atoms with Crippen molar-refractivity contribution in [2.24, 2.45) is 28.8 Å². The fourth-order valence-corrected chi connectivity index (χ4v) is 5.58. The predicted octanol–water partition coefficient (Wildman–Crippen LogP) is 0.704. The zero-order chi connectivity index (χ0) is 21.3. The van der Waals surface area contributed by atoms with E-state index in [1.54, 1.807) is 0 Å². The quantitative estimate of drug-likeness (QED) is 0.285. The summed E-state index contributed by atoms with van der Waals surface area (Å²) in [5.74, 6) is 0.325. The Morgan fingerprint density at radius 2 is 2.00 bits per heavy atom. The van der Waals surface area contributed by atoms with Gasteiger partial charge < -0.3 is 19.8 Å². The van der Waals surface area contributed by atoms with Gasteiger partial charge in [0.1, 0.15) is 6.61 Å². The van der Waals surface area contributed by atoms with Gasteiger partial charge >= 0.3 is 0 Å². The summed E-state index contributed by atoms with van der Waals surface area (Å²) in [6, 6.07) is 0. The lowest BCUT2D eigenvalue weighted by atomic mass is 9.60. The molecular weight excluding hydrogens is 388 g/mol. The molecule has 2 N–H and O–H groups in total. The summed E-state index contributed by atoms with van der Waals surface area (Å²) in [5, 5.41) is 25.5. The second-order valence-corrected chi connectivity index (χ2v) is 8.80. The van der Waals surface area contributed by atoms with E-state index in [1.165, 1.54) is 4.90 Å². The highest BCUT2D eigenvalue weighted by molar-refractivity contribution is 6.06. The van der Waals surface area contributed by atoms with Crippen molar-refractivity contribution in [3.63, 3.8) is 0 Å². The van der Waals surface area contributed by atoms with Crippen molar-refractivity contribution in [1.29, 1.82) is 0 Å². The monoisotopic (exact) mass is 418 g/mol. The molecule has 8 nitrogen and oxygen atoms in total. The topological polar surface area (TPSA) is 109 Å². The molecule has 2 saturated carbocycles. The van der Waals surface area contributed by atoms with E-state index >= 15 is 0 Å². The van der Waals surface area contributed by atoms with Crippen LogP contribution in [0.4, 0.5) is 0 Å². The molecule has 4 rings (SSSR count). The maximum atomic E-state index is 13.3. The first kappa shape index (κ1) is 21.3. The van der Waals surface area contributed by atoms with E-state index in [0.717, 1.165) is 12.8 Å². The Morgan fingerprint density at radius 3 is 2.73 bits per heavy atom. The van der Waals surface area contributed by atoms with Crippen LogP contribution in [0.5, 0.6) is 0 Å². The third-order valence-corrected chi connectivity index (χ3v) is 7.02. The summed E-state index contributed by atoms with van der Waals surface area (Å²) in [6.45, 7) is 1.31. The molecule has 4 fully saturated rings. The SMILES string of the molecule is C#CCCCON=C1C[C@@H](O)[C@H](O)[C@H]2[C@@H]3C(=O)N(C[C@@H]4CCCO4)C(=O)[C@@H]3CC[C@H]12. The van der Waals surface area contributed by atoms with Crippen molar-refractivity contribution >= 4 is 17.5 Å². The van der Waals surface area contributed by atoms with Gasteiger partial charge in [-0.3, -0.25) is 14.5 Å². The van der Waals surface area contributed by atoms with Gasteiger partial charge in [-0.2, -0.15) is 0 Å². The molecule has 8 heteroatoms. The smallest absolute Gasteiger partial charge is 0.233 e. The number of rotatable bonds is 6. The van der Waals surface area contributed by atoms with Gasteiger partial charge in [0.15, 0.2) is 0 Å². The van der Waals surface area contributed by atoms with Crippen LogP contribution in [0, 0.1) is 36.0 Å². The number of unbranched alkanes of at least 4 members (excludes halogenated alkanes) is 1. The zero-order valence-electron chi connectivity index (χ0n) is 17.1. The number of aliphatic hydroxyl groups excluding tert-OH is 2. The van der Waals surface area contributed by atoms with E-state index in [2.05, 4.69) is 11.1 Å². The number of hydrogen-bond donors (Lipinski definition) is 2. The summed E-state index contributed by atoms with van der Waals surface area (Å²) < 4.78 is 5.62. The highest BCUT2D eigenvalue weighted by Gasteiger charge is 2.59. The molecule has 0 unspecified atom stereocenters. The van der Waals surface area contributed by atoms with Crippen molar-refractivity contribution in [3.8, 4) is 12.3 Å². The standard InChI is InChI=1S/C22H30N2O6/c1-2-3-4-10-30-23-16-11-17(25)20(26)18-14(16)7-8-15-19(18)22(28)24(21(15)27)12-13-6-5-9-29-13/h1,13-15,17-20,25-26H,3-12H2/t13-,14+,15+,17+,18+,19+,20-/m0/s1. The minimum atomic E-state index is -1.07. The summed E-state index contributed by atoms with van der Waals surface area (Å²) in [4.78, 5) is 33.0. The number of fused-ring (bicyclic) bond motifs is 3. The predicted molar refractivity (Wildman–Crippen MR) is 107 cm³/mol. The van der Waals surface area contributed by atoms with E-state index in [1.807, 2.05) is 0 Å². The van der Waals surface area contributed by atoms with E-state index in [9.17, 15) is 19.8 Å². The lowest BCUT2D eigenvalue weighted by molar-refractivity contribution is -0.143. The molecule has 2 amide bonds. The molecule has 0 aromatic rings. The maximum Gasteiger partial charge on any atom is 0.233 e. The number of hydrogen-bond acceptors (Lipinski definition) is 7.